The maximum absolute atomic E-state index is 12.3. The van der Waals surface area contributed by atoms with Gasteiger partial charge in [-0.15, -0.1) is 12.6 Å². The average molecular weight is 264 g/mol. The van der Waals surface area contributed by atoms with E-state index >= 15 is 0 Å². The Bertz CT molecular complexity index is 504. The van der Waals surface area contributed by atoms with Gasteiger partial charge in [0, 0.05) is 18.0 Å². The Labute approximate surface area is 112 Å². The third-order valence-corrected chi connectivity index (χ3v) is 3.88. The van der Waals surface area contributed by atoms with Gasteiger partial charge in [0.1, 0.15) is 0 Å². The fourth-order valence-corrected chi connectivity index (χ4v) is 2.42. The van der Waals surface area contributed by atoms with Gasteiger partial charge in [-0.05, 0) is 25.5 Å². The number of likely N-dealkylation sites (tertiary alicyclic amines) is 1. The van der Waals surface area contributed by atoms with Crippen LogP contribution in [0.5, 0.6) is 0 Å². The quantitative estimate of drug-likeness (QED) is 0.791. The van der Waals surface area contributed by atoms with Crippen molar-refractivity contribution in [3.63, 3.8) is 0 Å². The summed E-state index contributed by atoms with van der Waals surface area (Å²) in [6.45, 7) is 2.73. The van der Waals surface area contributed by atoms with Crippen molar-refractivity contribution in [2.75, 3.05) is 13.1 Å². The summed E-state index contributed by atoms with van der Waals surface area (Å²) in [5.74, 6) is -0.442. The lowest BCUT2D eigenvalue weighted by atomic mass is 9.89. The van der Waals surface area contributed by atoms with Crippen molar-refractivity contribution < 1.29 is 9.59 Å². The summed E-state index contributed by atoms with van der Waals surface area (Å²) in [7, 11) is 0. The Balaban J connectivity index is 2.18. The molecule has 0 radical (unpaired) electrons. The van der Waals surface area contributed by atoms with E-state index in [1.165, 1.54) is 0 Å². The van der Waals surface area contributed by atoms with Gasteiger partial charge >= 0.3 is 0 Å². The summed E-state index contributed by atoms with van der Waals surface area (Å²) < 4.78 is 0. The first-order valence-corrected chi connectivity index (χ1v) is 6.26. The zero-order valence-corrected chi connectivity index (χ0v) is 11.1. The van der Waals surface area contributed by atoms with Crippen LogP contribution >= 0.6 is 12.6 Å². The van der Waals surface area contributed by atoms with Crippen LogP contribution in [0, 0.1) is 5.41 Å². The number of thiol groups is 1. The SMILES string of the molecule is CC1(C(N)=O)CCN(C(=O)c2ccccc2S)C1. The number of primary amides is 1. The number of hydrogen-bond donors (Lipinski definition) is 2. The zero-order chi connectivity index (χ0) is 13.3. The lowest BCUT2D eigenvalue weighted by molar-refractivity contribution is -0.126. The summed E-state index contributed by atoms with van der Waals surface area (Å²) in [6.07, 6.45) is 0.614. The predicted molar refractivity (Wildman–Crippen MR) is 71.5 cm³/mol. The molecule has 1 saturated heterocycles. The zero-order valence-electron chi connectivity index (χ0n) is 10.2. The van der Waals surface area contributed by atoms with Gasteiger partial charge in [-0.25, -0.2) is 0 Å². The molecule has 0 aromatic heterocycles. The lowest BCUT2D eigenvalue weighted by Gasteiger charge is -2.21. The van der Waals surface area contributed by atoms with Crippen LogP contribution in [0.4, 0.5) is 0 Å². The maximum Gasteiger partial charge on any atom is 0.255 e. The van der Waals surface area contributed by atoms with Crippen LogP contribution in [-0.4, -0.2) is 29.8 Å². The Hall–Kier alpha value is -1.49. The summed E-state index contributed by atoms with van der Waals surface area (Å²) in [5, 5.41) is 0. The Morgan fingerprint density at radius 2 is 2.06 bits per heavy atom. The van der Waals surface area contributed by atoms with Gasteiger partial charge in [-0.2, -0.15) is 0 Å². The minimum atomic E-state index is -0.610. The number of nitrogens with zero attached hydrogens (tertiary/aromatic N) is 1. The molecule has 1 fully saturated rings. The molecule has 2 rings (SSSR count). The fraction of sp³-hybridized carbons (Fsp3) is 0.385. The first-order chi connectivity index (χ1) is 8.44. The topological polar surface area (TPSA) is 63.4 Å². The third kappa shape index (κ3) is 2.22. The molecule has 5 heteroatoms. The number of nitrogens with two attached hydrogens (primary N) is 1. The van der Waals surface area contributed by atoms with Gasteiger partial charge < -0.3 is 10.6 Å². The van der Waals surface area contributed by atoms with Crippen LogP contribution in [0.1, 0.15) is 23.7 Å². The first-order valence-electron chi connectivity index (χ1n) is 5.81. The van der Waals surface area contributed by atoms with E-state index in [2.05, 4.69) is 12.6 Å². The van der Waals surface area contributed by atoms with Crippen molar-refractivity contribution in [3.8, 4) is 0 Å². The minimum absolute atomic E-state index is 0.0921. The Morgan fingerprint density at radius 1 is 1.39 bits per heavy atom. The van der Waals surface area contributed by atoms with Crippen LogP contribution < -0.4 is 5.73 Å². The second-order valence-corrected chi connectivity index (χ2v) is 5.40. The van der Waals surface area contributed by atoms with E-state index in [0.717, 1.165) is 0 Å². The fourth-order valence-electron chi connectivity index (χ4n) is 2.16. The van der Waals surface area contributed by atoms with Crippen molar-refractivity contribution in [3.05, 3.63) is 29.8 Å². The van der Waals surface area contributed by atoms with E-state index in [1.807, 2.05) is 6.07 Å². The second kappa shape index (κ2) is 4.65. The summed E-state index contributed by atoms with van der Waals surface area (Å²) >= 11 is 4.27. The Kier molecular flexibility index (Phi) is 3.34. The molecule has 1 aromatic carbocycles. The molecule has 2 amide bonds. The molecule has 0 aliphatic carbocycles. The molecule has 1 heterocycles. The average Bonchev–Trinajstić information content (AvgIpc) is 2.73. The standard InChI is InChI=1S/C13H16N2O2S/c1-13(12(14)17)6-7-15(8-13)11(16)9-4-2-3-5-10(9)18/h2-5,18H,6-8H2,1H3,(H2,14,17). The number of carbonyl (C=O) groups is 2. The highest BCUT2D eigenvalue weighted by atomic mass is 32.1. The number of amides is 2. The summed E-state index contributed by atoms with van der Waals surface area (Å²) in [5.41, 5.74) is 5.33. The van der Waals surface area contributed by atoms with Crippen molar-refractivity contribution in [1.82, 2.24) is 4.90 Å². The number of benzene rings is 1. The van der Waals surface area contributed by atoms with Crippen molar-refractivity contribution >= 4 is 24.4 Å². The molecule has 0 saturated carbocycles. The van der Waals surface area contributed by atoms with Crippen LogP contribution in [0.15, 0.2) is 29.2 Å². The van der Waals surface area contributed by atoms with E-state index in [9.17, 15) is 9.59 Å². The normalized spacial score (nSPS) is 23.1. The molecule has 1 aliphatic rings. The minimum Gasteiger partial charge on any atom is -0.369 e. The molecule has 0 bridgehead atoms. The summed E-state index contributed by atoms with van der Waals surface area (Å²) in [6, 6.07) is 7.15. The molecule has 96 valence electrons. The number of hydrogen-bond acceptors (Lipinski definition) is 3. The van der Waals surface area contributed by atoms with Gasteiger partial charge in [-0.1, -0.05) is 12.1 Å². The lowest BCUT2D eigenvalue weighted by Crippen LogP contribution is -2.38. The van der Waals surface area contributed by atoms with Crippen LogP contribution in [0.25, 0.3) is 0 Å². The molecule has 4 nitrogen and oxygen atoms in total. The second-order valence-electron chi connectivity index (χ2n) is 4.92. The predicted octanol–water partition coefficient (Wildman–Crippen LogP) is 1.31. The molecule has 1 aromatic rings. The van der Waals surface area contributed by atoms with Gasteiger partial charge in [-0.3, -0.25) is 9.59 Å². The molecule has 1 unspecified atom stereocenters. The molecule has 0 spiro atoms. The molecular formula is C13H16N2O2S. The highest BCUT2D eigenvalue weighted by Crippen LogP contribution is 2.31. The van der Waals surface area contributed by atoms with Gasteiger partial charge in [0.05, 0.1) is 11.0 Å². The van der Waals surface area contributed by atoms with Gasteiger partial charge in [0.2, 0.25) is 5.91 Å². The van der Waals surface area contributed by atoms with E-state index in [-0.39, 0.29) is 11.8 Å². The Morgan fingerprint density at radius 3 is 2.61 bits per heavy atom. The largest absolute Gasteiger partial charge is 0.369 e. The van der Waals surface area contributed by atoms with Crippen LogP contribution in [-0.2, 0) is 4.79 Å². The van der Waals surface area contributed by atoms with Crippen molar-refractivity contribution in [2.45, 2.75) is 18.2 Å². The van der Waals surface area contributed by atoms with Crippen molar-refractivity contribution in [2.24, 2.45) is 11.1 Å². The van der Waals surface area contributed by atoms with Gasteiger partial charge in [0.25, 0.3) is 5.91 Å². The van der Waals surface area contributed by atoms with Crippen LogP contribution in [0.2, 0.25) is 0 Å². The van der Waals surface area contributed by atoms with Crippen LogP contribution in [0.3, 0.4) is 0 Å². The maximum atomic E-state index is 12.3. The third-order valence-electron chi connectivity index (χ3n) is 3.49. The molecule has 1 atom stereocenters. The van der Waals surface area contributed by atoms with E-state index in [0.29, 0.717) is 30.0 Å². The van der Waals surface area contributed by atoms with E-state index in [4.69, 9.17) is 5.73 Å². The van der Waals surface area contributed by atoms with Gasteiger partial charge in [0.15, 0.2) is 0 Å². The highest BCUT2D eigenvalue weighted by Gasteiger charge is 2.40. The molecule has 2 N–H and O–H groups in total. The first kappa shape index (κ1) is 13.0. The summed E-state index contributed by atoms with van der Waals surface area (Å²) in [4.78, 5) is 26.0. The molecule has 1 aliphatic heterocycles. The molecular weight excluding hydrogens is 248 g/mol. The monoisotopic (exact) mass is 264 g/mol. The number of carbonyl (C=O) groups excluding carboxylic acids is 2. The van der Waals surface area contributed by atoms with Crippen molar-refractivity contribution in [1.29, 1.82) is 0 Å². The highest BCUT2D eigenvalue weighted by molar-refractivity contribution is 7.80. The smallest absolute Gasteiger partial charge is 0.255 e. The van der Waals surface area contributed by atoms with E-state index in [1.54, 1.807) is 30.0 Å². The molecule has 18 heavy (non-hydrogen) atoms. The number of rotatable bonds is 2. The van der Waals surface area contributed by atoms with E-state index < -0.39 is 5.41 Å².